The summed E-state index contributed by atoms with van der Waals surface area (Å²) in [6.07, 6.45) is 1.69. The van der Waals surface area contributed by atoms with Gasteiger partial charge in [-0.05, 0) is 40.5 Å². The highest BCUT2D eigenvalue weighted by Gasteiger charge is 2.07. The highest BCUT2D eigenvalue weighted by atomic mass is 16.1. The number of pyridine rings is 1. The number of nitrogens with two attached hydrogens (primary N) is 1. The summed E-state index contributed by atoms with van der Waals surface area (Å²) < 4.78 is 0. The fraction of sp³-hybridized carbons (Fsp3) is 0.0400. The molecule has 3 N–H and O–H groups in total. The van der Waals surface area contributed by atoms with Crippen molar-refractivity contribution in [2.24, 2.45) is 5.73 Å². The smallest absolute Gasteiger partial charge is 0.267 e. The van der Waals surface area contributed by atoms with Gasteiger partial charge in [-0.15, -0.1) is 0 Å². The van der Waals surface area contributed by atoms with E-state index in [4.69, 9.17) is 5.73 Å². The molecule has 0 atom stereocenters. The summed E-state index contributed by atoms with van der Waals surface area (Å²) in [6.45, 7) is 0.679. The molecule has 0 saturated carbocycles. The Balaban J connectivity index is 1.50. The van der Waals surface area contributed by atoms with Gasteiger partial charge in [0.15, 0.2) is 0 Å². The van der Waals surface area contributed by atoms with Crippen LogP contribution in [-0.4, -0.2) is 10.9 Å². The number of carbonyl (C=O) groups excluding carboxylic acids is 1. The number of carbonyl (C=O) groups is 1. The van der Waals surface area contributed by atoms with Gasteiger partial charge in [0.05, 0.1) is 0 Å². The summed E-state index contributed by atoms with van der Waals surface area (Å²) in [6, 6.07) is 30.4. The Labute approximate surface area is 170 Å². The van der Waals surface area contributed by atoms with E-state index in [0.29, 0.717) is 6.54 Å². The highest BCUT2D eigenvalue weighted by Crippen LogP contribution is 2.25. The second-order valence-electron chi connectivity index (χ2n) is 6.75. The molecule has 1 amide bonds. The third-order valence-corrected chi connectivity index (χ3v) is 4.82. The number of aromatic nitrogens is 1. The first-order valence-corrected chi connectivity index (χ1v) is 9.44. The van der Waals surface area contributed by atoms with E-state index in [9.17, 15) is 4.79 Å². The minimum absolute atomic E-state index is 0.267. The van der Waals surface area contributed by atoms with Crippen LogP contribution in [0.25, 0.3) is 22.3 Å². The van der Waals surface area contributed by atoms with Gasteiger partial charge in [-0.1, -0.05) is 72.8 Å². The number of hydrogen-bond acceptors (Lipinski definition) is 3. The molecule has 0 aliphatic carbocycles. The van der Waals surface area contributed by atoms with Crippen molar-refractivity contribution >= 4 is 11.6 Å². The summed E-state index contributed by atoms with van der Waals surface area (Å²) in [4.78, 5) is 15.4. The van der Waals surface area contributed by atoms with E-state index in [1.165, 1.54) is 11.1 Å². The lowest BCUT2D eigenvalue weighted by Gasteiger charge is -2.12. The molecule has 4 heteroatoms. The van der Waals surface area contributed by atoms with Crippen molar-refractivity contribution in [3.63, 3.8) is 0 Å². The molecule has 29 heavy (non-hydrogen) atoms. The number of anilines is 1. The minimum atomic E-state index is -0.523. The van der Waals surface area contributed by atoms with E-state index in [2.05, 4.69) is 58.8 Å². The Morgan fingerprint density at radius 2 is 1.41 bits per heavy atom. The Morgan fingerprint density at radius 3 is 2.10 bits per heavy atom. The van der Waals surface area contributed by atoms with Gasteiger partial charge in [-0.25, -0.2) is 0 Å². The van der Waals surface area contributed by atoms with Crippen molar-refractivity contribution in [1.82, 2.24) is 4.98 Å². The molecule has 0 fully saturated rings. The Bertz CT molecular complexity index is 1100. The molecule has 4 aromatic rings. The van der Waals surface area contributed by atoms with E-state index in [0.717, 1.165) is 22.4 Å². The first-order valence-electron chi connectivity index (χ1n) is 9.44. The average molecular weight is 379 g/mol. The topological polar surface area (TPSA) is 68.0 Å². The molecule has 142 valence electrons. The summed E-state index contributed by atoms with van der Waals surface area (Å²) in [5, 5.41) is 3.48. The van der Waals surface area contributed by atoms with Crippen LogP contribution in [0.4, 0.5) is 5.69 Å². The Morgan fingerprint density at radius 1 is 0.759 bits per heavy atom. The summed E-state index contributed by atoms with van der Waals surface area (Å²) in [7, 11) is 0. The second-order valence-corrected chi connectivity index (χ2v) is 6.75. The molecule has 0 bridgehead atoms. The molecular formula is C25H21N3O. The van der Waals surface area contributed by atoms with E-state index in [-0.39, 0.29) is 5.69 Å². The molecule has 0 saturated heterocycles. The Kier molecular flexibility index (Phi) is 5.34. The predicted octanol–water partition coefficient (Wildman–Crippen LogP) is 5.13. The number of nitrogens with zero attached hydrogens (tertiary/aromatic N) is 1. The van der Waals surface area contributed by atoms with E-state index in [1.54, 1.807) is 12.3 Å². The summed E-state index contributed by atoms with van der Waals surface area (Å²) in [5.41, 5.74) is 12.2. The van der Waals surface area contributed by atoms with Crippen LogP contribution in [-0.2, 0) is 6.54 Å². The van der Waals surface area contributed by atoms with Crippen molar-refractivity contribution in [3.8, 4) is 22.3 Å². The van der Waals surface area contributed by atoms with Crippen LogP contribution in [0, 0.1) is 0 Å². The molecule has 1 aromatic heterocycles. The lowest BCUT2D eigenvalue weighted by molar-refractivity contribution is 0.0995. The SMILES string of the molecule is NC(=O)c1ccc(-c2ccccc2CNc2ccc(-c3ccccc3)cc2)cn1. The van der Waals surface area contributed by atoms with E-state index >= 15 is 0 Å². The van der Waals surface area contributed by atoms with Gasteiger partial charge in [-0.2, -0.15) is 0 Å². The van der Waals surface area contributed by atoms with Crippen LogP contribution in [0.3, 0.4) is 0 Å². The second kappa shape index (κ2) is 8.40. The van der Waals surface area contributed by atoms with Crippen LogP contribution >= 0.6 is 0 Å². The van der Waals surface area contributed by atoms with Crippen molar-refractivity contribution in [1.29, 1.82) is 0 Å². The van der Waals surface area contributed by atoms with Crippen LogP contribution < -0.4 is 11.1 Å². The van der Waals surface area contributed by atoms with E-state index < -0.39 is 5.91 Å². The maximum atomic E-state index is 11.2. The van der Waals surface area contributed by atoms with Crippen LogP contribution in [0.2, 0.25) is 0 Å². The minimum Gasteiger partial charge on any atom is -0.381 e. The standard InChI is InChI=1S/C25H21N3O/c26-25(29)24-15-12-21(17-28-24)23-9-5-4-8-20(23)16-27-22-13-10-19(11-14-22)18-6-2-1-3-7-18/h1-15,17,27H,16H2,(H2,26,29). The highest BCUT2D eigenvalue weighted by molar-refractivity contribution is 5.91. The van der Waals surface area contributed by atoms with Gasteiger partial charge in [0.25, 0.3) is 5.91 Å². The van der Waals surface area contributed by atoms with Crippen LogP contribution in [0.5, 0.6) is 0 Å². The quantitative estimate of drug-likeness (QED) is 0.488. The summed E-state index contributed by atoms with van der Waals surface area (Å²) in [5.74, 6) is -0.523. The number of benzene rings is 3. The molecule has 3 aromatic carbocycles. The van der Waals surface area contributed by atoms with Gasteiger partial charge in [0, 0.05) is 24.0 Å². The van der Waals surface area contributed by atoms with Gasteiger partial charge in [-0.3, -0.25) is 9.78 Å². The first-order chi connectivity index (χ1) is 14.2. The summed E-state index contributed by atoms with van der Waals surface area (Å²) >= 11 is 0. The number of amides is 1. The lowest BCUT2D eigenvalue weighted by Crippen LogP contribution is -2.12. The lowest BCUT2D eigenvalue weighted by atomic mass is 10.0. The number of hydrogen-bond donors (Lipinski definition) is 2. The van der Waals surface area contributed by atoms with Gasteiger partial charge in [0.1, 0.15) is 5.69 Å². The van der Waals surface area contributed by atoms with Crippen molar-refractivity contribution in [3.05, 3.63) is 108 Å². The van der Waals surface area contributed by atoms with Gasteiger partial charge in [0.2, 0.25) is 0 Å². The average Bonchev–Trinajstić information content (AvgIpc) is 2.79. The molecule has 0 spiro atoms. The monoisotopic (exact) mass is 379 g/mol. The third-order valence-electron chi connectivity index (χ3n) is 4.82. The zero-order valence-corrected chi connectivity index (χ0v) is 15.9. The molecule has 4 nitrogen and oxygen atoms in total. The third kappa shape index (κ3) is 4.33. The molecule has 1 heterocycles. The van der Waals surface area contributed by atoms with Crippen molar-refractivity contribution in [2.75, 3.05) is 5.32 Å². The Hall–Kier alpha value is -3.92. The largest absolute Gasteiger partial charge is 0.381 e. The van der Waals surface area contributed by atoms with Crippen molar-refractivity contribution < 1.29 is 4.79 Å². The predicted molar refractivity (Wildman–Crippen MR) is 117 cm³/mol. The molecular weight excluding hydrogens is 358 g/mol. The van der Waals surface area contributed by atoms with Gasteiger partial charge < -0.3 is 11.1 Å². The fourth-order valence-corrected chi connectivity index (χ4v) is 3.26. The zero-order valence-electron chi connectivity index (χ0n) is 15.9. The van der Waals surface area contributed by atoms with Crippen molar-refractivity contribution in [2.45, 2.75) is 6.54 Å². The van der Waals surface area contributed by atoms with E-state index in [1.807, 2.05) is 36.4 Å². The number of rotatable bonds is 6. The number of nitrogens with one attached hydrogen (secondary N) is 1. The maximum absolute atomic E-state index is 11.2. The van der Waals surface area contributed by atoms with Crippen LogP contribution in [0.1, 0.15) is 16.1 Å². The first kappa shape index (κ1) is 18.4. The molecule has 0 aliphatic rings. The molecule has 4 rings (SSSR count). The fourth-order valence-electron chi connectivity index (χ4n) is 3.26. The maximum Gasteiger partial charge on any atom is 0.267 e. The van der Waals surface area contributed by atoms with Crippen LogP contribution in [0.15, 0.2) is 97.2 Å². The zero-order chi connectivity index (χ0) is 20.1. The number of primary amides is 1. The normalized spacial score (nSPS) is 10.5. The molecule has 0 aliphatic heterocycles. The van der Waals surface area contributed by atoms with Gasteiger partial charge >= 0.3 is 0 Å². The molecule has 0 radical (unpaired) electrons. The molecule has 0 unspecified atom stereocenters.